The van der Waals surface area contributed by atoms with E-state index < -0.39 is 0 Å². The number of rotatable bonds is 4. The lowest BCUT2D eigenvalue weighted by Gasteiger charge is -2.46. The van der Waals surface area contributed by atoms with E-state index in [2.05, 4.69) is 197 Å². The van der Waals surface area contributed by atoms with Crippen molar-refractivity contribution in [2.75, 3.05) is 10.2 Å². The number of para-hydroxylation sites is 2. The highest BCUT2D eigenvalue weighted by Crippen LogP contribution is 2.56. The van der Waals surface area contributed by atoms with E-state index in [4.69, 9.17) is 0 Å². The zero-order chi connectivity index (χ0) is 40.3. The molecule has 3 aliphatic carbocycles. The smallest absolute Gasteiger partial charge is 0.0502 e. The van der Waals surface area contributed by atoms with Crippen LogP contribution < -0.4 is 10.2 Å². The van der Waals surface area contributed by atoms with Crippen molar-refractivity contribution < 1.29 is 0 Å². The van der Waals surface area contributed by atoms with E-state index in [0.29, 0.717) is 5.92 Å². The number of fused-ring (bicyclic) bond motifs is 8. The van der Waals surface area contributed by atoms with Gasteiger partial charge in [-0.05, 0) is 141 Å². The number of nitrogens with one attached hydrogen (secondary N) is 1. The van der Waals surface area contributed by atoms with E-state index in [9.17, 15) is 0 Å². The van der Waals surface area contributed by atoms with Gasteiger partial charge < -0.3 is 10.2 Å². The average molecular weight is 767 g/mol. The molecule has 2 aliphatic heterocycles. The maximum atomic E-state index is 3.78. The molecule has 1 N–H and O–H groups in total. The summed E-state index contributed by atoms with van der Waals surface area (Å²) in [5, 5.41) is 3.78. The van der Waals surface area contributed by atoms with Crippen LogP contribution in [0.4, 0.5) is 22.7 Å². The first-order chi connectivity index (χ1) is 28.5. The predicted octanol–water partition coefficient (Wildman–Crippen LogP) is 14.9. The number of benzene rings is 6. The van der Waals surface area contributed by atoms with Gasteiger partial charge in [-0.15, -0.1) is 0 Å². The van der Waals surface area contributed by atoms with Crippen molar-refractivity contribution in [2.24, 2.45) is 0 Å². The Hall–Kier alpha value is -5.86. The Morgan fingerprint density at radius 1 is 0.559 bits per heavy atom. The standard InChI is InChI=1S/C57H54N2/c1-55(2)45-15-9-11-17-51(45)58-52-35-48-44(34-49(52)55)43-29-23-37(31-47(43)57(48,5)6)20-19-36-21-24-39(25-22-36)41-27-30-54-50(33-41)56(3,4)46-16-10-12-18-53(46)59(54)42-28-26-38-13-7-8-14-40(38)32-42/h9-12,15-26,28-35,41,58H,7-8,13-14,27H2,1-6H3/b20-19+. The first kappa shape index (κ1) is 36.2. The van der Waals surface area contributed by atoms with Crippen molar-refractivity contribution in [1.29, 1.82) is 0 Å². The van der Waals surface area contributed by atoms with E-state index in [0.717, 1.165) is 6.42 Å². The van der Waals surface area contributed by atoms with Crippen LogP contribution in [0.1, 0.15) is 122 Å². The van der Waals surface area contributed by atoms with Gasteiger partial charge in [0.25, 0.3) is 0 Å². The van der Waals surface area contributed by atoms with Crippen LogP contribution in [0.2, 0.25) is 0 Å². The SMILES string of the molecule is CC1(C)C2=CC(c3ccc(/C=C/c4ccc5c(c4)C(C)(C)c4cc6c(cc4-5)C(C)(C)c4ccccc4N6)cc3)CC=C2N(c2ccc3c(c2)CCCC3)c2ccccc21. The van der Waals surface area contributed by atoms with Crippen molar-refractivity contribution in [1.82, 2.24) is 0 Å². The van der Waals surface area contributed by atoms with Gasteiger partial charge in [-0.3, -0.25) is 0 Å². The first-order valence-corrected chi connectivity index (χ1v) is 21.9. The number of hydrogen-bond acceptors (Lipinski definition) is 2. The van der Waals surface area contributed by atoms with E-state index in [1.165, 1.54) is 126 Å². The lowest BCUT2D eigenvalue weighted by Crippen LogP contribution is -2.37. The van der Waals surface area contributed by atoms with Gasteiger partial charge in [0.1, 0.15) is 0 Å². The fraction of sp³-hybridized carbons (Fsp3) is 0.263. The summed E-state index contributed by atoms with van der Waals surface area (Å²) >= 11 is 0. The molecule has 2 heterocycles. The van der Waals surface area contributed by atoms with E-state index >= 15 is 0 Å². The Morgan fingerprint density at radius 3 is 2.08 bits per heavy atom. The summed E-state index contributed by atoms with van der Waals surface area (Å²) < 4.78 is 0. The largest absolute Gasteiger partial charge is 0.355 e. The van der Waals surface area contributed by atoms with Crippen LogP contribution in [-0.2, 0) is 29.1 Å². The minimum Gasteiger partial charge on any atom is -0.355 e. The Labute approximate surface area is 351 Å². The zero-order valence-corrected chi connectivity index (χ0v) is 35.4. The van der Waals surface area contributed by atoms with Crippen molar-refractivity contribution in [3.05, 3.63) is 200 Å². The third-order valence-electron chi connectivity index (χ3n) is 14.7. The second-order valence-electron chi connectivity index (χ2n) is 19.3. The predicted molar refractivity (Wildman–Crippen MR) is 249 cm³/mol. The van der Waals surface area contributed by atoms with Crippen molar-refractivity contribution in [3.63, 3.8) is 0 Å². The van der Waals surface area contributed by atoms with Crippen molar-refractivity contribution in [2.45, 2.75) is 95.8 Å². The quantitative estimate of drug-likeness (QED) is 0.180. The van der Waals surface area contributed by atoms with Crippen LogP contribution in [0, 0.1) is 0 Å². The van der Waals surface area contributed by atoms with Crippen LogP contribution in [0.3, 0.4) is 0 Å². The highest BCUT2D eigenvalue weighted by atomic mass is 15.2. The van der Waals surface area contributed by atoms with Gasteiger partial charge in [-0.25, -0.2) is 0 Å². The summed E-state index contributed by atoms with van der Waals surface area (Å²) in [6, 6.07) is 46.3. The molecule has 2 nitrogen and oxygen atoms in total. The highest BCUT2D eigenvalue weighted by Gasteiger charge is 2.42. The molecule has 1 atom stereocenters. The molecule has 0 saturated heterocycles. The maximum absolute atomic E-state index is 3.78. The minimum atomic E-state index is -0.0982. The Bertz CT molecular complexity index is 2800. The lowest BCUT2D eigenvalue weighted by molar-refractivity contribution is 0.595. The molecule has 5 aliphatic rings. The van der Waals surface area contributed by atoms with Gasteiger partial charge in [0, 0.05) is 44.9 Å². The highest BCUT2D eigenvalue weighted by molar-refractivity contribution is 5.88. The molecule has 0 radical (unpaired) electrons. The van der Waals surface area contributed by atoms with Gasteiger partial charge in [0.2, 0.25) is 0 Å². The molecule has 2 heteroatoms. The first-order valence-electron chi connectivity index (χ1n) is 21.9. The van der Waals surface area contributed by atoms with Crippen LogP contribution in [0.15, 0.2) is 145 Å². The number of aryl methyl sites for hydroxylation is 2. The van der Waals surface area contributed by atoms with E-state index in [1.54, 1.807) is 0 Å². The fourth-order valence-corrected chi connectivity index (χ4v) is 11.3. The Kier molecular flexibility index (Phi) is 8.03. The lowest BCUT2D eigenvalue weighted by atomic mass is 9.69. The van der Waals surface area contributed by atoms with Gasteiger partial charge in [-0.1, -0.05) is 151 Å². The van der Waals surface area contributed by atoms with E-state index in [-0.39, 0.29) is 16.2 Å². The summed E-state index contributed by atoms with van der Waals surface area (Å²) in [7, 11) is 0. The van der Waals surface area contributed by atoms with E-state index in [1.807, 2.05) is 0 Å². The number of nitrogens with zero attached hydrogens (tertiary/aromatic N) is 1. The molecule has 0 aromatic heterocycles. The number of anilines is 4. The van der Waals surface area contributed by atoms with Gasteiger partial charge in [0.15, 0.2) is 0 Å². The fourth-order valence-electron chi connectivity index (χ4n) is 11.3. The maximum Gasteiger partial charge on any atom is 0.0502 e. The van der Waals surface area contributed by atoms with Crippen molar-refractivity contribution in [3.8, 4) is 11.1 Å². The molecule has 6 aromatic rings. The monoisotopic (exact) mass is 766 g/mol. The molecular weight excluding hydrogens is 713 g/mol. The third-order valence-corrected chi connectivity index (χ3v) is 14.7. The molecule has 0 spiro atoms. The second kappa shape index (κ2) is 13.1. The minimum absolute atomic E-state index is 0.0767. The second-order valence-corrected chi connectivity index (χ2v) is 19.3. The normalized spacial score (nSPS) is 19.8. The topological polar surface area (TPSA) is 15.3 Å². The van der Waals surface area contributed by atoms with Crippen molar-refractivity contribution >= 4 is 34.9 Å². The molecule has 0 amide bonds. The summed E-state index contributed by atoms with van der Waals surface area (Å²) in [5.41, 5.74) is 24.1. The van der Waals surface area contributed by atoms with Crippen LogP contribution in [0.25, 0.3) is 23.3 Å². The molecular formula is C57H54N2. The Morgan fingerprint density at radius 2 is 1.25 bits per heavy atom. The summed E-state index contributed by atoms with van der Waals surface area (Å²) in [6.45, 7) is 14.3. The van der Waals surface area contributed by atoms with Gasteiger partial charge in [0.05, 0.1) is 5.69 Å². The van der Waals surface area contributed by atoms with Gasteiger partial charge in [-0.2, -0.15) is 0 Å². The van der Waals surface area contributed by atoms with Crippen LogP contribution in [0.5, 0.6) is 0 Å². The summed E-state index contributed by atoms with van der Waals surface area (Å²) in [6.07, 6.45) is 15.6. The van der Waals surface area contributed by atoms with Crippen LogP contribution in [-0.4, -0.2) is 0 Å². The Balaban J connectivity index is 0.859. The third kappa shape index (κ3) is 5.59. The summed E-state index contributed by atoms with van der Waals surface area (Å²) in [5.74, 6) is 0.336. The van der Waals surface area contributed by atoms with Gasteiger partial charge >= 0.3 is 0 Å². The molecule has 11 rings (SSSR count). The van der Waals surface area contributed by atoms with Crippen LogP contribution >= 0.6 is 0 Å². The summed E-state index contributed by atoms with van der Waals surface area (Å²) in [4.78, 5) is 2.55. The number of hydrogen-bond donors (Lipinski definition) is 1. The zero-order valence-electron chi connectivity index (χ0n) is 35.4. The molecule has 292 valence electrons. The molecule has 0 fully saturated rings. The molecule has 59 heavy (non-hydrogen) atoms. The molecule has 1 unspecified atom stereocenters. The molecule has 0 bridgehead atoms. The molecule has 6 aromatic carbocycles. The number of allylic oxidation sites excluding steroid dienone is 3. The molecule has 0 saturated carbocycles. The average Bonchev–Trinajstić information content (AvgIpc) is 3.47.